The Morgan fingerprint density at radius 2 is 2.17 bits per heavy atom. The maximum Gasteiger partial charge on any atom is 0.223 e. The molecule has 0 fully saturated rings. The monoisotopic (exact) mass is 431 g/mol. The Labute approximate surface area is 180 Å². The maximum atomic E-state index is 12.3. The molecular weight excluding hydrogens is 406 g/mol. The van der Waals surface area contributed by atoms with Crippen LogP contribution in [0.15, 0.2) is 41.3 Å². The van der Waals surface area contributed by atoms with Crippen LogP contribution in [0.3, 0.4) is 0 Å². The highest BCUT2D eigenvalue weighted by Crippen LogP contribution is 2.25. The Bertz CT molecular complexity index is 992. The summed E-state index contributed by atoms with van der Waals surface area (Å²) in [6.45, 7) is 8.95. The van der Waals surface area contributed by atoms with Gasteiger partial charge in [-0.1, -0.05) is 50.6 Å². The molecule has 3 rings (SSSR count). The highest BCUT2D eigenvalue weighted by atomic mass is 35.5. The van der Waals surface area contributed by atoms with Gasteiger partial charge < -0.3 is 14.5 Å². The molecule has 0 aliphatic rings. The summed E-state index contributed by atoms with van der Waals surface area (Å²) >= 11 is 5.96. The molecule has 8 nitrogen and oxygen atoms in total. The molecule has 9 heteroatoms. The third-order valence-corrected chi connectivity index (χ3v) is 5.16. The van der Waals surface area contributed by atoms with Gasteiger partial charge in [-0.25, -0.2) is 9.67 Å². The van der Waals surface area contributed by atoms with E-state index >= 15 is 0 Å². The van der Waals surface area contributed by atoms with E-state index < -0.39 is 0 Å². The first-order valence-electron chi connectivity index (χ1n) is 9.68. The van der Waals surface area contributed by atoms with Crippen molar-refractivity contribution in [3.05, 3.63) is 59.0 Å². The van der Waals surface area contributed by atoms with Crippen molar-refractivity contribution >= 4 is 17.5 Å². The SMILES string of the molecule is CC(C(=O)NCc1ocnc1Cn1cc(COc2cccc(Cl)c2)nn1)C(C)(C)C. The van der Waals surface area contributed by atoms with E-state index in [-0.39, 0.29) is 30.4 Å². The molecule has 0 bridgehead atoms. The molecule has 2 aromatic heterocycles. The van der Waals surface area contributed by atoms with Crippen LogP contribution >= 0.6 is 11.6 Å². The predicted octanol–water partition coefficient (Wildman–Crippen LogP) is 3.85. The number of nitrogens with zero attached hydrogens (tertiary/aromatic N) is 4. The van der Waals surface area contributed by atoms with Crippen molar-refractivity contribution in [3.8, 4) is 5.75 Å². The largest absolute Gasteiger partial charge is 0.487 e. The number of nitrogens with one attached hydrogen (secondary N) is 1. The van der Waals surface area contributed by atoms with Crippen LogP contribution in [0, 0.1) is 11.3 Å². The summed E-state index contributed by atoms with van der Waals surface area (Å²) in [6.07, 6.45) is 3.15. The molecule has 0 aliphatic carbocycles. The lowest BCUT2D eigenvalue weighted by Crippen LogP contribution is -2.35. The van der Waals surface area contributed by atoms with Crippen LogP contribution in [0.5, 0.6) is 5.75 Å². The Balaban J connectivity index is 1.55. The third kappa shape index (κ3) is 5.82. The average molecular weight is 432 g/mol. The second kappa shape index (κ2) is 9.30. The minimum absolute atomic E-state index is 0.0222. The second-order valence-corrected chi connectivity index (χ2v) is 8.62. The van der Waals surface area contributed by atoms with Crippen LogP contribution in [0.2, 0.25) is 5.02 Å². The molecule has 1 amide bonds. The number of rotatable bonds is 8. The number of hydrogen-bond donors (Lipinski definition) is 1. The van der Waals surface area contributed by atoms with Crippen molar-refractivity contribution < 1.29 is 13.9 Å². The number of aromatic nitrogens is 4. The van der Waals surface area contributed by atoms with E-state index in [2.05, 4.69) is 20.6 Å². The van der Waals surface area contributed by atoms with E-state index in [0.29, 0.717) is 34.5 Å². The van der Waals surface area contributed by atoms with E-state index in [1.807, 2.05) is 39.8 Å². The van der Waals surface area contributed by atoms with Gasteiger partial charge in [-0.2, -0.15) is 0 Å². The number of benzene rings is 1. The summed E-state index contributed by atoms with van der Waals surface area (Å²) < 4.78 is 12.8. The standard InChI is InChI=1S/C21H26ClN5O3/c1-14(21(2,3)4)20(28)23-9-19-18(24-13-30-19)11-27-10-16(25-26-27)12-29-17-7-5-6-15(22)8-17/h5-8,10,13-14H,9,11-12H2,1-4H3,(H,23,28). The number of halogens is 1. The quantitative estimate of drug-likeness (QED) is 0.582. The first-order valence-corrected chi connectivity index (χ1v) is 10.1. The zero-order valence-corrected chi connectivity index (χ0v) is 18.3. The number of carbonyl (C=O) groups excluding carboxylic acids is 1. The van der Waals surface area contributed by atoms with Crippen molar-refractivity contribution in [3.63, 3.8) is 0 Å². The first kappa shape index (κ1) is 21.8. The zero-order chi connectivity index (χ0) is 21.7. The van der Waals surface area contributed by atoms with E-state index in [1.54, 1.807) is 23.0 Å². The molecule has 0 spiro atoms. The normalized spacial score (nSPS) is 12.6. The first-order chi connectivity index (χ1) is 14.2. The highest BCUT2D eigenvalue weighted by molar-refractivity contribution is 6.30. The fourth-order valence-electron chi connectivity index (χ4n) is 2.63. The van der Waals surface area contributed by atoms with Crippen molar-refractivity contribution in [2.24, 2.45) is 11.3 Å². The number of oxazole rings is 1. The molecule has 1 aromatic carbocycles. The van der Waals surface area contributed by atoms with Crippen molar-refractivity contribution in [1.29, 1.82) is 0 Å². The van der Waals surface area contributed by atoms with Crippen LogP contribution in [0.4, 0.5) is 0 Å². The van der Waals surface area contributed by atoms with Gasteiger partial charge >= 0.3 is 0 Å². The summed E-state index contributed by atoms with van der Waals surface area (Å²) in [5.74, 6) is 1.11. The third-order valence-electron chi connectivity index (χ3n) is 4.92. The van der Waals surface area contributed by atoms with Gasteiger partial charge in [0.15, 0.2) is 6.39 Å². The average Bonchev–Trinajstić information content (AvgIpc) is 3.33. The zero-order valence-electron chi connectivity index (χ0n) is 17.6. The van der Waals surface area contributed by atoms with Crippen molar-refractivity contribution in [2.75, 3.05) is 0 Å². The Morgan fingerprint density at radius 3 is 2.90 bits per heavy atom. The van der Waals surface area contributed by atoms with Gasteiger partial charge in [-0.15, -0.1) is 5.10 Å². The molecular formula is C21H26ClN5O3. The Kier molecular flexibility index (Phi) is 6.77. The molecule has 160 valence electrons. The molecule has 0 radical (unpaired) electrons. The summed E-state index contributed by atoms with van der Waals surface area (Å²) in [4.78, 5) is 16.6. The molecule has 1 N–H and O–H groups in total. The lowest BCUT2D eigenvalue weighted by molar-refractivity contribution is -0.127. The molecule has 0 saturated heterocycles. The fraction of sp³-hybridized carbons (Fsp3) is 0.429. The molecule has 3 aromatic rings. The van der Waals surface area contributed by atoms with E-state index in [9.17, 15) is 4.79 Å². The van der Waals surface area contributed by atoms with Gasteiger partial charge in [0.2, 0.25) is 5.91 Å². The summed E-state index contributed by atoms with van der Waals surface area (Å²) in [5, 5.41) is 11.8. The minimum Gasteiger partial charge on any atom is -0.487 e. The smallest absolute Gasteiger partial charge is 0.223 e. The van der Waals surface area contributed by atoms with E-state index in [0.717, 1.165) is 0 Å². The number of carbonyl (C=O) groups is 1. The fourth-order valence-corrected chi connectivity index (χ4v) is 2.81. The molecule has 1 unspecified atom stereocenters. The van der Waals surface area contributed by atoms with E-state index in [1.165, 1.54) is 6.39 Å². The minimum atomic E-state index is -0.124. The van der Waals surface area contributed by atoms with E-state index in [4.69, 9.17) is 20.8 Å². The molecule has 1 atom stereocenters. The second-order valence-electron chi connectivity index (χ2n) is 8.18. The van der Waals surface area contributed by atoms with Gasteiger partial charge in [-0.05, 0) is 23.6 Å². The van der Waals surface area contributed by atoms with Gasteiger partial charge in [0.25, 0.3) is 0 Å². The number of amides is 1. The van der Waals surface area contributed by atoms with Gasteiger partial charge in [0, 0.05) is 10.9 Å². The van der Waals surface area contributed by atoms with Crippen LogP contribution in [-0.4, -0.2) is 25.9 Å². The highest BCUT2D eigenvalue weighted by Gasteiger charge is 2.26. The van der Waals surface area contributed by atoms with Crippen molar-refractivity contribution in [2.45, 2.75) is 47.4 Å². The van der Waals surface area contributed by atoms with Crippen LogP contribution in [0.1, 0.15) is 44.8 Å². The molecule has 30 heavy (non-hydrogen) atoms. The Hall–Kier alpha value is -2.87. The van der Waals surface area contributed by atoms with Crippen molar-refractivity contribution in [1.82, 2.24) is 25.3 Å². The summed E-state index contributed by atoms with van der Waals surface area (Å²) in [7, 11) is 0. The topological polar surface area (TPSA) is 95.1 Å². The van der Waals surface area contributed by atoms with Crippen LogP contribution in [-0.2, 0) is 24.5 Å². The molecule has 0 saturated carbocycles. The summed E-state index contributed by atoms with van der Waals surface area (Å²) in [6, 6.07) is 7.17. The van der Waals surface area contributed by atoms with Crippen LogP contribution < -0.4 is 10.1 Å². The lowest BCUT2D eigenvalue weighted by atomic mass is 9.81. The van der Waals surface area contributed by atoms with Crippen LogP contribution in [0.25, 0.3) is 0 Å². The predicted molar refractivity (Wildman–Crippen MR) is 112 cm³/mol. The lowest BCUT2D eigenvalue weighted by Gasteiger charge is -2.25. The summed E-state index contributed by atoms with van der Waals surface area (Å²) in [5.41, 5.74) is 1.25. The maximum absolute atomic E-state index is 12.3. The number of hydrogen-bond acceptors (Lipinski definition) is 6. The molecule has 0 aliphatic heterocycles. The number of ether oxygens (including phenoxy) is 1. The van der Waals surface area contributed by atoms with Gasteiger partial charge in [0.05, 0.1) is 19.3 Å². The molecule has 2 heterocycles. The van der Waals surface area contributed by atoms with Gasteiger partial charge in [-0.3, -0.25) is 4.79 Å². The van der Waals surface area contributed by atoms with Gasteiger partial charge in [0.1, 0.15) is 29.5 Å². The Morgan fingerprint density at radius 1 is 1.37 bits per heavy atom.